The number of aromatic nitrogens is 2. The molecule has 0 unspecified atom stereocenters. The molecule has 1 aliphatic heterocycles. The number of pyridine rings is 2. The summed E-state index contributed by atoms with van der Waals surface area (Å²) in [5, 5.41) is 2.27. The Balaban J connectivity index is 1.69. The SMILES string of the molecule is CCN1CCN(c2ccc3cc4cccnc4nc3c2)CC1. The topological polar surface area (TPSA) is 32.3 Å². The number of anilines is 1. The average molecular weight is 292 g/mol. The first-order valence-electron chi connectivity index (χ1n) is 7.96. The molecule has 0 saturated carbocycles. The van der Waals surface area contributed by atoms with Gasteiger partial charge >= 0.3 is 0 Å². The maximum Gasteiger partial charge on any atom is 0.159 e. The predicted molar refractivity (Wildman–Crippen MR) is 91.4 cm³/mol. The predicted octanol–water partition coefficient (Wildman–Crippen LogP) is 2.92. The second-order valence-electron chi connectivity index (χ2n) is 5.84. The molecule has 1 aromatic carbocycles. The molecule has 0 N–H and O–H groups in total. The minimum Gasteiger partial charge on any atom is -0.369 e. The van der Waals surface area contributed by atoms with E-state index in [1.807, 2.05) is 6.07 Å². The zero-order valence-corrected chi connectivity index (χ0v) is 12.9. The van der Waals surface area contributed by atoms with Crippen LogP contribution in [0.25, 0.3) is 21.9 Å². The van der Waals surface area contributed by atoms with Crippen molar-refractivity contribution in [1.29, 1.82) is 0 Å². The van der Waals surface area contributed by atoms with Crippen LogP contribution in [0.15, 0.2) is 42.6 Å². The van der Waals surface area contributed by atoms with Crippen LogP contribution in [0.1, 0.15) is 6.92 Å². The Morgan fingerprint density at radius 3 is 2.68 bits per heavy atom. The van der Waals surface area contributed by atoms with Gasteiger partial charge in [-0.05, 0) is 36.9 Å². The lowest BCUT2D eigenvalue weighted by Crippen LogP contribution is -2.46. The average Bonchev–Trinajstić information content (AvgIpc) is 2.59. The fraction of sp³-hybridized carbons (Fsp3) is 0.333. The first-order valence-corrected chi connectivity index (χ1v) is 7.96. The number of hydrogen-bond acceptors (Lipinski definition) is 4. The van der Waals surface area contributed by atoms with Crippen LogP contribution in [0.3, 0.4) is 0 Å². The lowest BCUT2D eigenvalue weighted by atomic mass is 10.1. The monoisotopic (exact) mass is 292 g/mol. The van der Waals surface area contributed by atoms with E-state index in [9.17, 15) is 0 Å². The van der Waals surface area contributed by atoms with Crippen molar-refractivity contribution in [2.45, 2.75) is 6.92 Å². The van der Waals surface area contributed by atoms with Crippen molar-refractivity contribution in [3.8, 4) is 0 Å². The molecule has 22 heavy (non-hydrogen) atoms. The lowest BCUT2D eigenvalue weighted by molar-refractivity contribution is 0.271. The van der Waals surface area contributed by atoms with Crippen LogP contribution >= 0.6 is 0 Å². The molecule has 1 aliphatic rings. The maximum absolute atomic E-state index is 4.72. The summed E-state index contributed by atoms with van der Waals surface area (Å²) in [4.78, 5) is 14.0. The van der Waals surface area contributed by atoms with E-state index in [0.717, 1.165) is 49.3 Å². The van der Waals surface area contributed by atoms with Crippen LogP contribution < -0.4 is 4.90 Å². The number of piperazine rings is 1. The third-order valence-corrected chi connectivity index (χ3v) is 4.55. The first-order chi connectivity index (χ1) is 10.8. The summed E-state index contributed by atoms with van der Waals surface area (Å²) in [6.45, 7) is 7.83. The molecule has 0 radical (unpaired) electrons. The highest BCUT2D eigenvalue weighted by Crippen LogP contribution is 2.24. The molecule has 0 spiro atoms. The largest absolute Gasteiger partial charge is 0.369 e. The highest BCUT2D eigenvalue weighted by molar-refractivity contribution is 5.92. The fourth-order valence-electron chi connectivity index (χ4n) is 3.17. The van der Waals surface area contributed by atoms with Gasteiger partial charge in [0.2, 0.25) is 0 Å². The first kappa shape index (κ1) is 13.5. The number of benzene rings is 1. The van der Waals surface area contributed by atoms with Crippen LogP contribution in [0, 0.1) is 0 Å². The van der Waals surface area contributed by atoms with E-state index in [-0.39, 0.29) is 0 Å². The highest BCUT2D eigenvalue weighted by Gasteiger charge is 2.16. The molecular formula is C18H20N4. The number of rotatable bonds is 2. The van der Waals surface area contributed by atoms with Gasteiger partial charge in [-0.25, -0.2) is 9.97 Å². The molecule has 0 aliphatic carbocycles. The third kappa shape index (κ3) is 2.40. The van der Waals surface area contributed by atoms with Gasteiger partial charge in [-0.1, -0.05) is 13.0 Å². The molecule has 2 aromatic heterocycles. The van der Waals surface area contributed by atoms with Crippen molar-refractivity contribution in [1.82, 2.24) is 14.9 Å². The van der Waals surface area contributed by atoms with Gasteiger partial charge in [0.25, 0.3) is 0 Å². The minimum absolute atomic E-state index is 0.822. The smallest absolute Gasteiger partial charge is 0.159 e. The second kappa shape index (κ2) is 5.54. The van der Waals surface area contributed by atoms with Crippen molar-refractivity contribution >= 4 is 27.6 Å². The van der Waals surface area contributed by atoms with E-state index in [4.69, 9.17) is 4.98 Å². The molecule has 3 aromatic rings. The van der Waals surface area contributed by atoms with Crippen molar-refractivity contribution < 1.29 is 0 Å². The van der Waals surface area contributed by atoms with Crippen LogP contribution in [0.2, 0.25) is 0 Å². The van der Waals surface area contributed by atoms with Gasteiger partial charge in [-0.2, -0.15) is 0 Å². The molecule has 3 heterocycles. The van der Waals surface area contributed by atoms with Crippen molar-refractivity contribution in [2.24, 2.45) is 0 Å². The van der Waals surface area contributed by atoms with Crippen LogP contribution in [-0.4, -0.2) is 47.6 Å². The lowest BCUT2D eigenvalue weighted by Gasteiger charge is -2.35. The van der Waals surface area contributed by atoms with Crippen LogP contribution in [0.5, 0.6) is 0 Å². The quantitative estimate of drug-likeness (QED) is 0.680. The van der Waals surface area contributed by atoms with Gasteiger partial charge in [0.1, 0.15) is 0 Å². The van der Waals surface area contributed by atoms with Gasteiger partial charge in [0, 0.05) is 48.8 Å². The standard InChI is InChI=1S/C18H20N4/c1-2-21-8-10-22(11-9-21)16-6-5-14-12-15-4-3-7-19-18(15)20-17(14)13-16/h3-7,12-13H,2,8-11H2,1H3. The van der Waals surface area contributed by atoms with Crippen molar-refractivity contribution in [3.05, 3.63) is 42.6 Å². The van der Waals surface area contributed by atoms with E-state index in [0.29, 0.717) is 0 Å². The Labute approximate surface area is 130 Å². The maximum atomic E-state index is 4.72. The summed E-state index contributed by atoms with van der Waals surface area (Å²) in [6.07, 6.45) is 1.80. The summed E-state index contributed by atoms with van der Waals surface area (Å²) in [5.41, 5.74) is 3.12. The third-order valence-electron chi connectivity index (χ3n) is 4.55. The van der Waals surface area contributed by atoms with Gasteiger partial charge in [0.15, 0.2) is 5.65 Å². The van der Waals surface area contributed by atoms with Crippen LogP contribution in [-0.2, 0) is 0 Å². The molecule has 0 atom stereocenters. The van der Waals surface area contributed by atoms with E-state index >= 15 is 0 Å². The van der Waals surface area contributed by atoms with Crippen molar-refractivity contribution in [2.75, 3.05) is 37.6 Å². The van der Waals surface area contributed by atoms with E-state index < -0.39 is 0 Å². The Morgan fingerprint density at radius 1 is 1.00 bits per heavy atom. The van der Waals surface area contributed by atoms with Crippen molar-refractivity contribution in [3.63, 3.8) is 0 Å². The zero-order valence-electron chi connectivity index (χ0n) is 12.9. The van der Waals surface area contributed by atoms with Crippen LogP contribution in [0.4, 0.5) is 5.69 Å². The Bertz CT molecular complexity index is 806. The second-order valence-corrected chi connectivity index (χ2v) is 5.84. The number of hydrogen-bond donors (Lipinski definition) is 0. The summed E-state index contributed by atoms with van der Waals surface area (Å²) in [7, 11) is 0. The Kier molecular flexibility index (Phi) is 3.39. The normalized spacial score (nSPS) is 16.5. The summed E-state index contributed by atoms with van der Waals surface area (Å²) in [5.74, 6) is 0. The Hall–Kier alpha value is -2.20. The molecule has 112 valence electrons. The molecule has 4 rings (SSSR count). The molecular weight excluding hydrogens is 272 g/mol. The molecule has 1 saturated heterocycles. The van der Waals surface area contributed by atoms with Gasteiger partial charge in [-0.3, -0.25) is 0 Å². The van der Waals surface area contributed by atoms with Gasteiger partial charge in [-0.15, -0.1) is 0 Å². The molecule has 0 amide bonds. The summed E-state index contributed by atoms with van der Waals surface area (Å²) < 4.78 is 0. The zero-order chi connectivity index (χ0) is 14.9. The molecule has 4 nitrogen and oxygen atoms in total. The van der Waals surface area contributed by atoms with Gasteiger partial charge < -0.3 is 9.80 Å². The van der Waals surface area contributed by atoms with E-state index in [2.05, 4.69) is 52.0 Å². The number of nitrogens with zero attached hydrogens (tertiary/aromatic N) is 4. The summed E-state index contributed by atoms with van der Waals surface area (Å²) >= 11 is 0. The summed E-state index contributed by atoms with van der Waals surface area (Å²) in [6, 6.07) is 12.8. The Morgan fingerprint density at radius 2 is 1.86 bits per heavy atom. The number of likely N-dealkylation sites (N-methyl/N-ethyl adjacent to an activating group) is 1. The molecule has 4 heteroatoms. The molecule has 0 bridgehead atoms. The number of fused-ring (bicyclic) bond motifs is 2. The highest BCUT2D eigenvalue weighted by atomic mass is 15.3. The van der Waals surface area contributed by atoms with E-state index in [1.54, 1.807) is 6.20 Å². The molecule has 1 fully saturated rings. The van der Waals surface area contributed by atoms with Gasteiger partial charge in [0.05, 0.1) is 5.52 Å². The van der Waals surface area contributed by atoms with E-state index in [1.165, 1.54) is 11.1 Å². The fourth-order valence-corrected chi connectivity index (χ4v) is 3.17. The minimum atomic E-state index is 0.822.